The molecule has 27 nitrogen and oxygen atoms in total. The normalized spacial score (nSPS) is 13.4. The first-order valence-corrected chi connectivity index (χ1v) is 41.6. The van der Waals surface area contributed by atoms with Crippen LogP contribution in [0.1, 0.15) is 129 Å². The molecule has 0 heterocycles. The van der Waals surface area contributed by atoms with Crippen molar-refractivity contribution < 1.29 is 70.9 Å². The van der Waals surface area contributed by atoms with Crippen LogP contribution < -0.4 is 62.6 Å². The van der Waals surface area contributed by atoms with Crippen LogP contribution in [0.5, 0.6) is 5.75 Å². The molecular weight excluding hydrogens is 1580 g/mol. The van der Waals surface area contributed by atoms with Gasteiger partial charge in [-0.2, -0.15) is 0 Å². The summed E-state index contributed by atoms with van der Waals surface area (Å²) in [4.78, 5) is 142. The highest BCUT2D eigenvalue weighted by Crippen LogP contribution is 2.44. The van der Waals surface area contributed by atoms with Crippen molar-refractivity contribution in [1.29, 1.82) is 5.41 Å². The predicted molar refractivity (Wildman–Crippen MR) is 449 cm³/mol. The molecule has 29 heteroatoms. The van der Waals surface area contributed by atoms with Crippen molar-refractivity contribution in [3.8, 4) is 16.9 Å². The van der Waals surface area contributed by atoms with E-state index in [-0.39, 0.29) is 87.7 Å². The molecule has 0 saturated carbocycles. The molecule has 0 saturated heterocycles. The van der Waals surface area contributed by atoms with Crippen LogP contribution in [-0.4, -0.2) is 154 Å². The summed E-state index contributed by atoms with van der Waals surface area (Å²) in [5, 5.41) is 47.5. The third-order valence-corrected chi connectivity index (χ3v) is 22.2. The van der Waals surface area contributed by atoms with E-state index in [0.29, 0.717) is 61.1 Å². The van der Waals surface area contributed by atoms with Crippen molar-refractivity contribution in [2.45, 2.75) is 170 Å². The number of halogens is 1. The molecule has 8 aromatic rings. The van der Waals surface area contributed by atoms with Crippen molar-refractivity contribution >= 4 is 102 Å². The van der Waals surface area contributed by atoms with E-state index in [1.54, 1.807) is 86.8 Å². The topological polar surface area (TPSA) is 400 Å². The number of amides is 8. The second-order valence-corrected chi connectivity index (χ2v) is 31.5. The molecule has 9 rings (SSSR count). The molecule has 1 aliphatic carbocycles. The van der Waals surface area contributed by atoms with E-state index in [9.17, 15) is 42.3 Å². The Morgan fingerprint density at radius 2 is 1.02 bits per heavy atom. The number of sulfonamides is 1. The number of ether oxygens (including phenoxy) is 2. The summed E-state index contributed by atoms with van der Waals surface area (Å²) in [6.07, 6.45) is 0.677. The summed E-state index contributed by atoms with van der Waals surface area (Å²) in [5.41, 5.74) is 7.44. The number of guanidine groups is 1. The fraction of sp³-hybridized carbons (Fsp3) is 0.352. The van der Waals surface area contributed by atoms with Crippen molar-refractivity contribution in [1.82, 2.24) is 57.9 Å². The average Bonchev–Trinajstić information content (AvgIpc) is 1.62. The predicted octanol–water partition coefficient (Wildman–Crippen LogP) is 9.16. The van der Waals surface area contributed by atoms with Gasteiger partial charge in [-0.3, -0.25) is 48.6 Å². The van der Waals surface area contributed by atoms with E-state index >= 15 is 19.2 Å². The average molecular weight is 1680 g/mol. The quantitative estimate of drug-likeness (QED) is 0.00960. The molecule has 0 aliphatic heterocycles. The van der Waals surface area contributed by atoms with Gasteiger partial charge in [0.05, 0.1) is 17.5 Å². The minimum atomic E-state index is -4.23. The Labute approximate surface area is 690 Å². The zero-order valence-corrected chi connectivity index (χ0v) is 68.4. The lowest BCUT2D eigenvalue weighted by molar-refractivity contribution is -0.138. The second-order valence-electron chi connectivity index (χ2n) is 29.0. The zero-order chi connectivity index (χ0) is 83.8. The number of Topliss-reactive ketones (excluding diaryl/α,β-unsaturated/α-hetero) is 1. The maximum Gasteiger partial charge on any atom is 0.407 e. The van der Waals surface area contributed by atoms with E-state index in [1.807, 2.05) is 116 Å². The number of carboxylic acid groups (broad SMARTS) is 1. The number of hydrogen-bond donors (Lipinski definition) is 13. The lowest BCUT2D eigenvalue weighted by Gasteiger charge is -2.28. The largest absolute Gasteiger partial charge is 0.489 e. The number of carbonyl (C=O) groups is 10. The molecule has 0 bridgehead atoms. The summed E-state index contributed by atoms with van der Waals surface area (Å²) < 4.78 is 41.9. The summed E-state index contributed by atoms with van der Waals surface area (Å²) >= 11 is 3.57. The molecule has 8 amide bonds. The maximum atomic E-state index is 15.5. The summed E-state index contributed by atoms with van der Waals surface area (Å²) in [5.74, 6) is -8.08. The molecule has 0 unspecified atom stereocenters. The van der Waals surface area contributed by atoms with E-state index < -0.39 is 125 Å². The highest BCUT2D eigenvalue weighted by molar-refractivity contribution is 9.10. The fourth-order valence-electron chi connectivity index (χ4n) is 13.7. The maximum absolute atomic E-state index is 15.5. The molecule has 618 valence electrons. The number of fused-ring (bicyclic) bond motifs is 4. The Bertz CT molecular complexity index is 4840. The lowest BCUT2D eigenvalue weighted by Crippen LogP contribution is -2.60. The standard InChI is InChI=1S/C88H103BrN12O15S/c1-5-6-8-33-73(97-85(110)77(51-59-38-41-64(42-39-59)115-54-63-26-13-18-31-71(63)89)99-86(111)78(50-58-22-9-7-10-23-58)100-88(112)116-55-70-68-29-16-14-27-66(68)67-28-15-17-30-69(67)70)82(107)96-74(34-21-48-92-87(90)101-117(113,114)65-43-35-56(2)36-44-65)83(108)98-76(52-60-37-40-61-24-11-12-25-62(61)49-60)81(106)93-53-79(103)94-75(45-46-80(104)105)84(109)95-72(57(3)102)32-19-20-47-91-4/h7,9-18,22-31,35-44,49,70,72-78,91H,5-6,8,19-21,32-34,45-48,50-55H2,1-4H3,(H,93,106)(H,94,103)(H,95,109)(H,96,107)(H,97,110)(H,98,108)(H,99,111)(H,100,112)(H,104,105)(H3,90,92,101)/t72-,73-,74+,75+,76-,77-,78-/m0/s1. The lowest BCUT2D eigenvalue weighted by atomic mass is 9.98. The van der Waals surface area contributed by atoms with Crippen LogP contribution in [0.3, 0.4) is 0 Å². The van der Waals surface area contributed by atoms with Crippen LogP contribution in [0.2, 0.25) is 0 Å². The van der Waals surface area contributed by atoms with Gasteiger partial charge in [-0.05, 0) is 152 Å². The molecule has 1 aliphatic rings. The molecule has 0 aromatic heterocycles. The van der Waals surface area contributed by atoms with Gasteiger partial charge in [-0.15, -0.1) is 0 Å². The summed E-state index contributed by atoms with van der Waals surface area (Å²) in [6, 6.07) is 48.2. The first-order valence-electron chi connectivity index (χ1n) is 39.3. The number of carboxylic acids is 1. The first-order chi connectivity index (χ1) is 56.3. The Hall–Kier alpha value is -11.8. The molecular formula is C88H103BrN12O15S. The van der Waals surface area contributed by atoms with Gasteiger partial charge in [-0.1, -0.05) is 211 Å². The molecule has 117 heavy (non-hydrogen) atoms. The van der Waals surface area contributed by atoms with Crippen molar-refractivity contribution in [2.75, 3.05) is 33.3 Å². The third kappa shape index (κ3) is 27.7. The van der Waals surface area contributed by atoms with E-state index in [2.05, 4.69) is 73.8 Å². The van der Waals surface area contributed by atoms with Crippen LogP contribution in [0.4, 0.5) is 4.79 Å². The Kier molecular flexibility index (Phi) is 34.2. The summed E-state index contributed by atoms with van der Waals surface area (Å²) in [6.45, 7) is 4.91. The van der Waals surface area contributed by atoms with Gasteiger partial charge in [0.2, 0.25) is 47.3 Å². The first kappa shape index (κ1) is 89.1. The Morgan fingerprint density at radius 3 is 1.64 bits per heavy atom. The number of hydrogen-bond acceptors (Lipinski definition) is 16. The van der Waals surface area contributed by atoms with E-state index in [0.717, 1.165) is 48.6 Å². The molecule has 0 radical (unpaired) electrons. The number of alkyl carbamates (subject to hydrolysis) is 1. The summed E-state index contributed by atoms with van der Waals surface area (Å²) in [7, 11) is -2.45. The number of ketones is 1. The van der Waals surface area contributed by atoms with Crippen LogP contribution in [0.25, 0.3) is 21.9 Å². The minimum absolute atomic E-state index is 0.00591. The highest BCUT2D eigenvalue weighted by atomic mass is 79.9. The van der Waals surface area contributed by atoms with Crippen LogP contribution in [-0.2, 0) is 83.8 Å². The molecule has 0 spiro atoms. The Balaban J connectivity index is 0.990. The number of aliphatic carboxylic acids is 1. The number of benzene rings is 8. The van der Waals surface area contributed by atoms with Gasteiger partial charge >= 0.3 is 12.1 Å². The van der Waals surface area contributed by atoms with Gasteiger partial charge in [0, 0.05) is 48.2 Å². The van der Waals surface area contributed by atoms with Gasteiger partial charge in [-0.25, -0.2) is 17.9 Å². The van der Waals surface area contributed by atoms with Gasteiger partial charge in [0.15, 0.2) is 5.78 Å². The number of aryl methyl sites for hydroxylation is 1. The van der Waals surface area contributed by atoms with Crippen molar-refractivity contribution in [3.05, 3.63) is 238 Å². The number of unbranched alkanes of at least 4 members (excludes halogenated alkanes) is 3. The third-order valence-electron chi connectivity index (χ3n) is 20.1. The molecule has 7 atom stereocenters. The molecule has 13 N–H and O–H groups in total. The highest BCUT2D eigenvalue weighted by Gasteiger charge is 2.36. The van der Waals surface area contributed by atoms with Gasteiger partial charge in [0.1, 0.15) is 55.2 Å². The van der Waals surface area contributed by atoms with Crippen LogP contribution in [0.15, 0.2) is 203 Å². The number of carbonyl (C=O) groups excluding carboxylic acids is 9. The monoisotopic (exact) mass is 1680 g/mol. The number of nitrogens with one attached hydrogen (secondary N) is 12. The van der Waals surface area contributed by atoms with E-state index in [4.69, 9.17) is 14.9 Å². The SMILES string of the molecule is CCCCC[C@H](NC(=O)[C@H](Cc1ccc(OCc2ccccc2Br)cc1)NC(=O)[C@H](Cc1ccccc1)NC(=O)OCC1c2ccccc2-c2ccccc21)C(=O)N[C@H](CCCNC(=N)NS(=O)(=O)c1ccc(C)cc1)C(=O)N[C@@H](Cc1ccc2ccccc2c1)C(=O)NCC(=O)N[C@H](CCC(=O)O)C(=O)N[C@@H](CCCCNC)C(C)=O. The van der Waals surface area contributed by atoms with Crippen molar-refractivity contribution in [3.63, 3.8) is 0 Å². The molecule has 8 aromatic carbocycles. The van der Waals surface area contributed by atoms with Crippen molar-refractivity contribution in [2.24, 2.45) is 0 Å². The van der Waals surface area contributed by atoms with Crippen LogP contribution in [0, 0.1) is 12.3 Å². The Morgan fingerprint density at radius 1 is 0.504 bits per heavy atom. The molecule has 0 fully saturated rings. The minimum Gasteiger partial charge on any atom is -0.489 e. The number of rotatable bonds is 45. The second kappa shape index (κ2) is 44.9. The smallest absolute Gasteiger partial charge is 0.407 e. The fourth-order valence-corrected chi connectivity index (χ4v) is 15.0. The van der Waals surface area contributed by atoms with E-state index in [1.165, 1.54) is 19.1 Å². The van der Waals surface area contributed by atoms with Crippen LogP contribution >= 0.6 is 15.9 Å². The van der Waals surface area contributed by atoms with Gasteiger partial charge in [0.25, 0.3) is 10.0 Å². The zero-order valence-electron chi connectivity index (χ0n) is 66.0. The van der Waals surface area contributed by atoms with Gasteiger partial charge < -0.3 is 67.7 Å².